The standard InChI is InChI=1S/C26H38F3N5O4/c1-23(2,3)18(32-22(38)26(27,28)29)21(37)34-14-25(8-6-9-25)12-17(34)20(36)31-16(13-30)11-15-7-10-24(4,5)33-19(15)35/h15-18H,6-12,14H2,1-5H3,(H,31,36)(H,32,38)(H,33,35). The first-order chi connectivity index (χ1) is 17.4. The van der Waals surface area contributed by atoms with Crippen LogP contribution in [0.4, 0.5) is 13.2 Å². The first-order valence-corrected chi connectivity index (χ1v) is 13.1. The zero-order valence-electron chi connectivity index (χ0n) is 22.6. The van der Waals surface area contributed by atoms with Crippen molar-refractivity contribution in [3.63, 3.8) is 0 Å². The van der Waals surface area contributed by atoms with Crippen LogP contribution in [-0.2, 0) is 19.2 Å². The van der Waals surface area contributed by atoms with Crippen LogP contribution in [0.15, 0.2) is 0 Å². The molecular formula is C26H38F3N5O4. The quantitative estimate of drug-likeness (QED) is 0.476. The molecule has 2 saturated heterocycles. The number of nitriles is 1. The number of hydrogen-bond acceptors (Lipinski definition) is 5. The van der Waals surface area contributed by atoms with E-state index >= 15 is 0 Å². The van der Waals surface area contributed by atoms with Gasteiger partial charge >= 0.3 is 12.1 Å². The van der Waals surface area contributed by atoms with Crippen molar-refractivity contribution in [2.75, 3.05) is 6.54 Å². The van der Waals surface area contributed by atoms with Gasteiger partial charge in [-0.1, -0.05) is 27.2 Å². The Hall–Kier alpha value is -2.84. The number of piperidine rings is 1. The van der Waals surface area contributed by atoms with Gasteiger partial charge in [-0.25, -0.2) is 0 Å². The summed E-state index contributed by atoms with van der Waals surface area (Å²) >= 11 is 0. The first kappa shape index (κ1) is 29.7. The molecule has 0 bridgehead atoms. The molecule has 9 nitrogen and oxygen atoms in total. The van der Waals surface area contributed by atoms with E-state index in [1.54, 1.807) is 20.8 Å². The summed E-state index contributed by atoms with van der Waals surface area (Å²) in [7, 11) is 0. The lowest BCUT2D eigenvalue weighted by Crippen LogP contribution is -2.60. The minimum Gasteiger partial charge on any atom is -0.351 e. The van der Waals surface area contributed by atoms with E-state index in [2.05, 4.69) is 10.6 Å². The number of nitrogens with one attached hydrogen (secondary N) is 3. The maximum Gasteiger partial charge on any atom is 0.471 e. The van der Waals surface area contributed by atoms with Crippen LogP contribution in [0.2, 0.25) is 0 Å². The van der Waals surface area contributed by atoms with Gasteiger partial charge in [0.25, 0.3) is 0 Å². The van der Waals surface area contributed by atoms with Crippen molar-refractivity contribution < 1.29 is 32.3 Å². The van der Waals surface area contributed by atoms with Gasteiger partial charge < -0.3 is 20.9 Å². The molecule has 12 heteroatoms. The van der Waals surface area contributed by atoms with Gasteiger partial charge in [-0.3, -0.25) is 19.2 Å². The summed E-state index contributed by atoms with van der Waals surface area (Å²) in [5.74, 6) is -4.20. The Morgan fingerprint density at radius 2 is 1.79 bits per heavy atom. The largest absolute Gasteiger partial charge is 0.471 e. The molecule has 3 aliphatic rings. The fourth-order valence-electron chi connectivity index (χ4n) is 5.67. The molecule has 2 aliphatic heterocycles. The number of amides is 4. The molecule has 0 aromatic rings. The second-order valence-electron chi connectivity index (χ2n) is 12.8. The summed E-state index contributed by atoms with van der Waals surface area (Å²) in [6.07, 6.45) is -0.978. The van der Waals surface area contributed by atoms with Crippen molar-refractivity contribution in [3.05, 3.63) is 0 Å². The highest BCUT2D eigenvalue weighted by molar-refractivity contribution is 5.94. The third-order valence-corrected chi connectivity index (χ3v) is 8.10. The molecule has 1 saturated carbocycles. The Balaban J connectivity index is 1.77. The molecule has 0 aromatic heterocycles. The lowest BCUT2D eigenvalue weighted by Gasteiger charge is -2.39. The molecule has 212 valence electrons. The summed E-state index contributed by atoms with van der Waals surface area (Å²) in [4.78, 5) is 52.5. The minimum atomic E-state index is -5.17. The number of rotatable bonds is 6. The predicted octanol–water partition coefficient (Wildman–Crippen LogP) is 2.55. The Kier molecular flexibility index (Phi) is 8.11. The van der Waals surface area contributed by atoms with E-state index in [0.29, 0.717) is 12.8 Å². The molecule has 4 atom stereocenters. The summed E-state index contributed by atoms with van der Waals surface area (Å²) in [5, 5.41) is 17.1. The fraction of sp³-hybridized carbons (Fsp3) is 0.808. The molecule has 1 aliphatic carbocycles. The third kappa shape index (κ3) is 6.59. The van der Waals surface area contributed by atoms with E-state index in [4.69, 9.17) is 0 Å². The highest BCUT2D eigenvalue weighted by Gasteiger charge is 2.54. The second kappa shape index (κ2) is 10.4. The molecular weight excluding hydrogens is 503 g/mol. The molecule has 0 radical (unpaired) electrons. The van der Waals surface area contributed by atoms with Crippen molar-refractivity contribution in [1.29, 1.82) is 5.26 Å². The van der Waals surface area contributed by atoms with E-state index < -0.39 is 53.4 Å². The predicted molar refractivity (Wildman–Crippen MR) is 131 cm³/mol. The van der Waals surface area contributed by atoms with E-state index in [9.17, 15) is 37.6 Å². The molecule has 3 N–H and O–H groups in total. The Bertz CT molecular complexity index is 1010. The van der Waals surface area contributed by atoms with Crippen LogP contribution < -0.4 is 16.0 Å². The van der Waals surface area contributed by atoms with E-state index in [0.717, 1.165) is 25.7 Å². The Morgan fingerprint density at radius 1 is 1.16 bits per heavy atom. The molecule has 4 unspecified atom stereocenters. The zero-order valence-corrected chi connectivity index (χ0v) is 22.6. The van der Waals surface area contributed by atoms with Crippen molar-refractivity contribution in [3.8, 4) is 6.07 Å². The highest BCUT2D eigenvalue weighted by atomic mass is 19.4. The van der Waals surface area contributed by atoms with Crippen molar-refractivity contribution in [1.82, 2.24) is 20.9 Å². The maximum absolute atomic E-state index is 13.6. The molecule has 3 fully saturated rings. The summed E-state index contributed by atoms with van der Waals surface area (Å²) in [5.41, 5.74) is -1.72. The Labute approximate surface area is 221 Å². The van der Waals surface area contributed by atoms with Gasteiger partial charge in [0.1, 0.15) is 18.1 Å². The number of halogens is 3. The van der Waals surface area contributed by atoms with Crippen molar-refractivity contribution >= 4 is 23.6 Å². The number of hydrogen-bond donors (Lipinski definition) is 3. The molecule has 4 amide bonds. The molecule has 2 heterocycles. The zero-order chi connectivity index (χ0) is 28.7. The topological polar surface area (TPSA) is 131 Å². The van der Waals surface area contributed by atoms with Gasteiger partial charge in [-0.15, -0.1) is 0 Å². The smallest absolute Gasteiger partial charge is 0.351 e. The van der Waals surface area contributed by atoms with Gasteiger partial charge in [0.15, 0.2) is 0 Å². The average Bonchev–Trinajstić information content (AvgIpc) is 3.18. The summed E-state index contributed by atoms with van der Waals surface area (Å²) in [6.45, 7) is 8.63. The number of carbonyl (C=O) groups is 4. The van der Waals surface area contributed by atoms with Crippen LogP contribution >= 0.6 is 0 Å². The van der Waals surface area contributed by atoms with Crippen LogP contribution in [0, 0.1) is 28.1 Å². The number of likely N-dealkylation sites (tertiary alicyclic amines) is 1. The minimum absolute atomic E-state index is 0.113. The number of alkyl halides is 3. The lowest BCUT2D eigenvalue weighted by atomic mass is 9.67. The lowest BCUT2D eigenvalue weighted by molar-refractivity contribution is -0.176. The van der Waals surface area contributed by atoms with Crippen molar-refractivity contribution in [2.24, 2.45) is 16.7 Å². The molecule has 0 aromatic carbocycles. The van der Waals surface area contributed by atoms with Crippen LogP contribution in [0.3, 0.4) is 0 Å². The number of carbonyl (C=O) groups excluding carboxylic acids is 4. The normalized spacial score (nSPS) is 26.0. The van der Waals surface area contributed by atoms with Crippen LogP contribution in [0.1, 0.15) is 79.6 Å². The number of nitrogens with zero attached hydrogens (tertiary/aromatic N) is 2. The van der Waals surface area contributed by atoms with E-state index in [1.807, 2.05) is 25.2 Å². The van der Waals surface area contributed by atoms with Gasteiger partial charge in [-0.2, -0.15) is 18.4 Å². The average molecular weight is 542 g/mol. The van der Waals surface area contributed by atoms with Crippen molar-refractivity contribution in [2.45, 2.75) is 109 Å². The molecule has 3 rings (SSSR count). The van der Waals surface area contributed by atoms with Gasteiger partial charge in [0, 0.05) is 18.0 Å². The Morgan fingerprint density at radius 3 is 2.26 bits per heavy atom. The summed E-state index contributed by atoms with van der Waals surface area (Å²) < 4.78 is 39.0. The van der Waals surface area contributed by atoms with E-state index in [-0.39, 0.29) is 29.8 Å². The maximum atomic E-state index is 13.6. The van der Waals surface area contributed by atoms with Crippen LogP contribution in [0.5, 0.6) is 0 Å². The summed E-state index contributed by atoms with van der Waals surface area (Å²) in [6, 6.07) is -1.45. The first-order valence-electron chi connectivity index (χ1n) is 13.1. The van der Waals surface area contributed by atoms with Crippen LogP contribution in [0.25, 0.3) is 0 Å². The highest BCUT2D eigenvalue weighted by Crippen LogP contribution is 2.50. The van der Waals surface area contributed by atoms with Gasteiger partial charge in [0.2, 0.25) is 17.7 Å². The molecule has 38 heavy (non-hydrogen) atoms. The second-order valence-corrected chi connectivity index (χ2v) is 12.8. The third-order valence-electron chi connectivity index (χ3n) is 8.10. The SMILES string of the molecule is CC1(C)CCC(CC(C#N)NC(=O)C2CC3(CCC3)CN2C(=O)C(NC(=O)C(F)(F)F)C(C)(C)C)C(=O)N1. The monoisotopic (exact) mass is 541 g/mol. The van der Waals surface area contributed by atoms with Gasteiger partial charge in [0.05, 0.1) is 6.07 Å². The van der Waals surface area contributed by atoms with Gasteiger partial charge in [-0.05, 0) is 63.2 Å². The fourth-order valence-corrected chi connectivity index (χ4v) is 5.67. The van der Waals surface area contributed by atoms with E-state index in [1.165, 1.54) is 4.90 Å². The molecule has 1 spiro atoms. The van der Waals surface area contributed by atoms with Crippen LogP contribution in [-0.4, -0.2) is 64.9 Å².